The number of anilines is 6. The van der Waals surface area contributed by atoms with Crippen LogP contribution in [0.1, 0.15) is 77.6 Å². The Morgan fingerprint density at radius 3 is 1.33 bits per heavy atom. The fourth-order valence-electron chi connectivity index (χ4n) is 12.9. The van der Waals surface area contributed by atoms with Crippen LogP contribution in [0.25, 0.3) is 98.5 Å². The quantitative estimate of drug-likeness (QED) is 0.166. The number of fused-ring (bicyclic) bond motifs is 15. The summed E-state index contributed by atoms with van der Waals surface area (Å²) in [5.41, 5.74) is 18.6. The molecule has 5 heteroatoms. The molecule has 0 spiro atoms. The number of hydrogen-bond donors (Lipinski definition) is 0. The minimum absolute atomic E-state index is 0.0765. The molecule has 0 amide bonds. The highest BCUT2D eigenvalue weighted by Gasteiger charge is 2.38. The van der Waals surface area contributed by atoms with Crippen molar-refractivity contribution in [2.75, 3.05) is 9.80 Å². The summed E-state index contributed by atoms with van der Waals surface area (Å²) in [7, 11) is 0. The van der Waals surface area contributed by atoms with Crippen molar-refractivity contribution in [3.8, 4) is 11.1 Å². The molecule has 1 aliphatic rings. The topological polar surface area (TPSA) is 45.9 Å². The molecule has 0 saturated heterocycles. The van der Waals surface area contributed by atoms with Crippen molar-refractivity contribution < 1.29 is 13.3 Å². The largest absolute Gasteiger partial charge is 0.455 e. The highest BCUT2D eigenvalue weighted by molar-refractivity contribution is 6.17. The molecule has 11 aromatic carbocycles. The van der Waals surface area contributed by atoms with Crippen molar-refractivity contribution in [2.24, 2.45) is 0 Å². The summed E-state index contributed by atoms with van der Waals surface area (Å²) in [6, 6.07) is 75.0. The molecule has 14 aromatic rings. The lowest BCUT2D eigenvalue weighted by Gasteiger charge is -2.26. The fraction of sp³-hybridized carbons (Fsp3) is 0.151. The van der Waals surface area contributed by atoms with Gasteiger partial charge in [-0.25, -0.2) is 0 Å². The van der Waals surface area contributed by atoms with Gasteiger partial charge in [-0.05, 0) is 134 Å². The Balaban J connectivity index is 0.851. The lowest BCUT2D eigenvalue weighted by molar-refractivity contribution is 0.572. The highest BCUT2D eigenvalue weighted by Crippen LogP contribution is 2.55. The smallest absolute Gasteiger partial charge is 0.159 e. The van der Waals surface area contributed by atoms with Crippen LogP contribution < -0.4 is 9.80 Å². The van der Waals surface area contributed by atoms with Crippen LogP contribution in [0.2, 0.25) is 0 Å². The molecule has 0 aliphatic heterocycles. The molecular weight excluding hydrogens is 953 g/mol. The summed E-state index contributed by atoms with van der Waals surface area (Å²) in [6.07, 6.45) is 0. The molecule has 0 fully saturated rings. The molecule has 0 N–H and O–H groups in total. The number of rotatable bonds is 6. The van der Waals surface area contributed by atoms with Gasteiger partial charge < -0.3 is 23.1 Å². The minimum atomic E-state index is -0.275. The van der Waals surface area contributed by atoms with Gasteiger partial charge in [0.1, 0.15) is 22.3 Å². The van der Waals surface area contributed by atoms with Crippen molar-refractivity contribution in [1.29, 1.82) is 0 Å². The lowest BCUT2D eigenvalue weighted by atomic mass is 9.81. The average molecular weight is 1010 g/mol. The van der Waals surface area contributed by atoms with Crippen molar-refractivity contribution in [3.63, 3.8) is 0 Å². The maximum Gasteiger partial charge on any atom is 0.159 e. The normalized spacial score (nSPS) is 13.5. The van der Waals surface area contributed by atoms with Crippen molar-refractivity contribution in [3.05, 3.63) is 229 Å². The Bertz CT molecular complexity index is 4790. The SMILES string of the molecule is CC(C)(C)c1cccc2c1oc1c(N(c3ccccc3)c3ccc4cc5c(cc4c3)C(C)(C)c3ccc4c(oc6cc7cc(N(c8ccccc8)c8cccc9c8oc8c(C(C)(C)C)cccc89)ccc7cc64)c3-5)cccc12. The van der Waals surface area contributed by atoms with Crippen LogP contribution in [0, 0.1) is 0 Å². The van der Waals surface area contributed by atoms with Crippen LogP contribution in [0.4, 0.5) is 34.1 Å². The Morgan fingerprint density at radius 1 is 0.333 bits per heavy atom. The maximum atomic E-state index is 7.15. The van der Waals surface area contributed by atoms with Crippen molar-refractivity contribution in [1.82, 2.24) is 0 Å². The predicted octanol–water partition coefficient (Wildman–Crippen LogP) is 21.5. The number of furan rings is 3. The predicted molar refractivity (Wildman–Crippen MR) is 328 cm³/mol. The van der Waals surface area contributed by atoms with E-state index in [0.29, 0.717) is 0 Å². The second kappa shape index (κ2) is 16.5. The van der Waals surface area contributed by atoms with Gasteiger partial charge in [-0.2, -0.15) is 0 Å². The second-order valence-electron chi connectivity index (χ2n) is 24.1. The summed E-state index contributed by atoms with van der Waals surface area (Å²) >= 11 is 0. The first kappa shape index (κ1) is 46.3. The van der Waals surface area contributed by atoms with Gasteiger partial charge in [0.05, 0.1) is 11.4 Å². The van der Waals surface area contributed by atoms with Gasteiger partial charge >= 0.3 is 0 Å². The molecule has 5 nitrogen and oxygen atoms in total. The number of benzene rings is 11. The zero-order valence-electron chi connectivity index (χ0n) is 45.2. The molecule has 15 rings (SSSR count). The van der Waals surface area contributed by atoms with E-state index in [2.05, 4.69) is 271 Å². The molecule has 378 valence electrons. The van der Waals surface area contributed by atoms with Gasteiger partial charge in [0.2, 0.25) is 0 Å². The van der Waals surface area contributed by atoms with E-state index >= 15 is 0 Å². The third kappa shape index (κ3) is 6.86. The molecule has 1 aliphatic carbocycles. The van der Waals surface area contributed by atoms with Crippen LogP contribution >= 0.6 is 0 Å². The van der Waals surface area contributed by atoms with E-state index < -0.39 is 0 Å². The van der Waals surface area contributed by atoms with Crippen LogP contribution in [0.3, 0.4) is 0 Å². The van der Waals surface area contributed by atoms with Gasteiger partial charge in [-0.3, -0.25) is 0 Å². The first-order valence-corrected chi connectivity index (χ1v) is 27.3. The van der Waals surface area contributed by atoms with Gasteiger partial charge in [0, 0.05) is 77.2 Å². The van der Waals surface area contributed by atoms with Gasteiger partial charge in [-0.15, -0.1) is 0 Å². The molecule has 0 unspecified atom stereocenters. The first-order chi connectivity index (χ1) is 37.7. The standard InChI is InChI=1S/C73H58N2O3/c1-71(2,3)59-27-15-23-51-53-25-17-29-62(68(53)77-66(51)59)74(47-19-11-9-12-20-47)49-34-32-44-40-57-61(41-45(44)37-49)73(7,8)58-36-35-55-56-39-43-31-33-50(38-46(43)42-64(56)76-70(55)65(57)58)75(48-21-13-10-14-22-48)63-30-18-26-54-52-24-16-28-60(72(4,5)6)67(52)78-69(54)63/h9-42H,1-8H3. The third-order valence-corrected chi connectivity index (χ3v) is 16.8. The van der Waals surface area contributed by atoms with E-state index in [9.17, 15) is 0 Å². The Labute approximate surface area is 453 Å². The number of nitrogens with zero attached hydrogens (tertiary/aromatic N) is 2. The third-order valence-electron chi connectivity index (χ3n) is 16.8. The lowest BCUT2D eigenvalue weighted by Crippen LogP contribution is -2.15. The Kier molecular flexibility index (Phi) is 9.77. The number of hydrogen-bond acceptors (Lipinski definition) is 5. The van der Waals surface area contributed by atoms with Crippen LogP contribution in [0.5, 0.6) is 0 Å². The number of para-hydroxylation sites is 6. The van der Waals surface area contributed by atoms with Crippen LogP contribution in [0.15, 0.2) is 220 Å². The van der Waals surface area contributed by atoms with Gasteiger partial charge in [-0.1, -0.05) is 177 Å². The van der Waals surface area contributed by atoms with Crippen molar-refractivity contribution >= 4 is 121 Å². The zero-order chi connectivity index (χ0) is 53.0. The van der Waals surface area contributed by atoms with E-state index in [0.717, 1.165) is 111 Å². The molecular formula is C73H58N2O3. The second-order valence-corrected chi connectivity index (χ2v) is 24.1. The highest BCUT2D eigenvalue weighted by atomic mass is 16.3. The van der Waals surface area contributed by atoms with Crippen LogP contribution in [-0.4, -0.2) is 0 Å². The molecule has 0 bridgehead atoms. The van der Waals surface area contributed by atoms with E-state index in [-0.39, 0.29) is 16.2 Å². The summed E-state index contributed by atoms with van der Waals surface area (Å²) in [5.74, 6) is 0. The van der Waals surface area contributed by atoms with Gasteiger partial charge in [0.15, 0.2) is 11.2 Å². The summed E-state index contributed by atoms with van der Waals surface area (Å²) in [6.45, 7) is 18.2. The summed E-state index contributed by atoms with van der Waals surface area (Å²) in [4.78, 5) is 4.67. The average Bonchev–Trinajstić information content (AvgIpc) is 4.36. The minimum Gasteiger partial charge on any atom is -0.455 e. The van der Waals surface area contributed by atoms with Crippen molar-refractivity contribution in [2.45, 2.75) is 71.6 Å². The molecule has 78 heavy (non-hydrogen) atoms. The van der Waals surface area contributed by atoms with E-state index in [1.165, 1.54) is 44.2 Å². The van der Waals surface area contributed by atoms with E-state index in [1.54, 1.807) is 0 Å². The Hall–Kier alpha value is -9.06. The fourth-order valence-corrected chi connectivity index (χ4v) is 12.9. The molecule has 3 heterocycles. The molecule has 0 atom stereocenters. The van der Waals surface area contributed by atoms with E-state index in [1.807, 2.05) is 0 Å². The van der Waals surface area contributed by atoms with E-state index in [4.69, 9.17) is 13.3 Å². The first-order valence-electron chi connectivity index (χ1n) is 27.3. The van der Waals surface area contributed by atoms with Crippen LogP contribution in [-0.2, 0) is 16.2 Å². The maximum absolute atomic E-state index is 7.15. The molecule has 0 saturated carbocycles. The summed E-state index contributed by atoms with van der Waals surface area (Å²) in [5, 5.41) is 11.3. The molecule has 0 radical (unpaired) electrons. The Morgan fingerprint density at radius 2 is 0.808 bits per heavy atom. The zero-order valence-corrected chi connectivity index (χ0v) is 45.2. The monoisotopic (exact) mass is 1010 g/mol. The summed E-state index contributed by atoms with van der Waals surface area (Å²) < 4.78 is 21.1. The molecule has 3 aromatic heterocycles. The van der Waals surface area contributed by atoms with Gasteiger partial charge in [0.25, 0.3) is 0 Å².